The molecule has 0 heterocycles. The smallest absolute Gasteiger partial charge is 0.101 e. The van der Waals surface area contributed by atoms with Crippen LogP contribution < -0.4 is 5.32 Å². The Kier molecular flexibility index (Phi) is 4.20. The molecule has 0 bridgehead atoms. The minimum absolute atomic E-state index is 0.0102. The van der Waals surface area contributed by atoms with Crippen LogP contribution in [-0.4, -0.2) is 5.54 Å². The van der Waals surface area contributed by atoms with Crippen LogP contribution in [0.3, 0.4) is 0 Å². The SMILES string of the molecule is CCC(C)(CC)Nc1cc(Cl)ccc1C#N. The normalized spacial score (nSPS) is 10.9. The first-order valence-corrected chi connectivity index (χ1v) is 5.90. The van der Waals surface area contributed by atoms with E-state index in [0.29, 0.717) is 10.6 Å². The van der Waals surface area contributed by atoms with Crippen molar-refractivity contribution in [2.24, 2.45) is 0 Å². The first-order valence-electron chi connectivity index (χ1n) is 5.52. The van der Waals surface area contributed by atoms with Crippen LogP contribution in [0.25, 0.3) is 0 Å². The molecule has 0 saturated heterocycles. The Balaban J connectivity index is 3.05. The van der Waals surface area contributed by atoms with E-state index < -0.39 is 0 Å². The molecule has 0 radical (unpaired) electrons. The molecule has 16 heavy (non-hydrogen) atoms. The van der Waals surface area contributed by atoms with Gasteiger partial charge in [-0.2, -0.15) is 5.26 Å². The fourth-order valence-electron chi connectivity index (χ4n) is 1.47. The van der Waals surface area contributed by atoms with Crippen LogP contribution in [0.4, 0.5) is 5.69 Å². The fraction of sp³-hybridized carbons (Fsp3) is 0.462. The Morgan fingerprint density at radius 3 is 2.50 bits per heavy atom. The molecule has 0 atom stereocenters. The molecular weight excluding hydrogens is 220 g/mol. The van der Waals surface area contributed by atoms with Gasteiger partial charge in [0.15, 0.2) is 0 Å². The largest absolute Gasteiger partial charge is 0.379 e. The molecule has 0 amide bonds. The average Bonchev–Trinajstić information content (AvgIpc) is 2.29. The highest BCUT2D eigenvalue weighted by molar-refractivity contribution is 6.30. The molecule has 1 aromatic rings. The zero-order chi connectivity index (χ0) is 12.2. The van der Waals surface area contributed by atoms with Crippen LogP contribution in [0.5, 0.6) is 0 Å². The molecule has 0 aliphatic heterocycles. The van der Waals surface area contributed by atoms with Crippen molar-refractivity contribution in [1.29, 1.82) is 5.26 Å². The highest BCUT2D eigenvalue weighted by atomic mass is 35.5. The van der Waals surface area contributed by atoms with Gasteiger partial charge in [-0.15, -0.1) is 0 Å². The summed E-state index contributed by atoms with van der Waals surface area (Å²) in [6.07, 6.45) is 2.00. The summed E-state index contributed by atoms with van der Waals surface area (Å²) in [5, 5.41) is 13.1. The first-order chi connectivity index (χ1) is 7.54. The van der Waals surface area contributed by atoms with E-state index in [-0.39, 0.29) is 5.54 Å². The van der Waals surface area contributed by atoms with Crippen LogP contribution in [-0.2, 0) is 0 Å². The lowest BCUT2D eigenvalue weighted by atomic mass is 9.94. The molecule has 86 valence electrons. The number of benzene rings is 1. The van der Waals surface area contributed by atoms with Gasteiger partial charge >= 0.3 is 0 Å². The Labute approximate surface area is 102 Å². The summed E-state index contributed by atoms with van der Waals surface area (Å²) in [4.78, 5) is 0. The van der Waals surface area contributed by atoms with Crippen LogP contribution in [0.1, 0.15) is 39.2 Å². The molecule has 0 aliphatic rings. The number of rotatable bonds is 4. The Hall–Kier alpha value is -1.20. The second kappa shape index (κ2) is 5.23. The second-order valence-corrected chi connectivity index (χ2v) is 4.63. The molecule has 0 aliphatic carbocycles. The predicted octanol–water partition coefficient (Wildman–Crippen LogP) is 4.20. The van der Waals surface area contributed by atoms with E-state index in [0.717, 1.165) is 18.5 Å². The quantitative estimate of drug-likeness (QED) is 0.851. The number of halogens is 1. The number of nitrogens with zero attached hydrogens (tertiary/aromatic N) is 1. The lowest BCUT2D eigenvalue weighted by molar-refractivity contribution is 0.478. The maximum Gasteiger partial charge on any atom is 0.101 e. The summed E-state index contributed by atoms with van der Waals surface area (Å²) in [5.41, 5.74) is 1.47. The molecule has 3 heteroatoms. The summed E-state index contributed by atoms with van der Waals surface area (Å²) in [5.74, 6) is 0. The third-order valence-corrected chi connectivity index (χ3v) is 3.33. The number of hydrogen-bond acceptors (Lipinski definition) is 2. The molecule has 1 aromatic carbocycles. The number of nitrogens with one attached hydrogen (secondary N) is 1. The maximum atomic E-state index is 9.02. The highest BCUT2D eigenvalue weighted by Gasteiger charge is 2.20. The summed E-state index contributed by atoms with van der Waals surface area (Å²) >= 11 is 5.94. The minimum Gasteiger partial charge on any atom is -0.379 e. The minimum atomic E-state index is 0.0102. The molecule has 0 saturated carbocycles. The van der Waals surface area contributed by atoms with E-state index in [1.54, 1.807) is 12.1 Å². The molecule has 0 aromatic heterocycles. The van der Waals surface area contributed by atoms with Crippen molar-refractivity contribution in [2.45, 2.75) is 39.2 Å². The van der Waals surface area contributed by atoms with Crippen molar-refractivity contribution in [2.75, 3.05) is 5.32 Å². The van der Waals surface area contributed by atoms with Crippen molar-refractivity contribution in [1.82, 2.24) is 0 Å². The summed E-state index contributed by atoms with van der Waals surface area (Å²) in [6.45, 7) is 6.41. The van der Waals surface area contributed by atoms with E-state index in [1.165, 1.54) is 0 Å². The van der Waals surface area contributed by atoms with Crippen LogP contribution in [0.15, 0.2) is 18.2 Å². The molecule has 1 rings (SSSR count). The second-order valence-electron chi connectivity index (χ2n) is 4.19. The molecule has 0 unspecified atom stereocenters. The van der Waals surface area contributed by atoms with Gasteiger partial charge in [0.1, 0.15) is 6.07 Å². The molecule has 1 N–H and O–H groups in total. The van der Waals surface area contributed by atoms with Gasteiger partial charge < -0.3 is 5.32 Å². The van der Waals surface area contributed by atoms with Crippen LogP contribution in [0.2, 0.25) is 5.02 Å². The van der Waals surface area contributed by atoms with E-state index in [9.17, 15) is 0 Å². The first kappa shape index (κ1) is 12.9. The van der Waals surface area contributed by atoms with Crippen molar-refractivity contribution in [3.05, 3.63) is 28.8 Å². The molecule has 0 spiro atoms. The Bertz CT molecular complexity index is 403. The van der Waals surface area contributed by atoms with Gasteiger partial charge in [0.25, 0.3) is 0 Å². The van der Waals surface area contributed by atoms with Crippen molar-refractivity contribution in [3.8, 4) is 6.07 Å². The van der Waals surface area contributed by atoms with Crippen molar-refractivity contribution < 1.29 is 0 Å². The number of nitriles is 1. The average molecular weight is 237 g/mol. The Morgan fingerprint density at radius 1 is 1.38 bits per heavy atom. The van der Waals surface area contributed by atoms with Crippen molar-refractivity contribution in [3.63, 3.8) is 0 Å². The summed E-state index contributed by atoms with van der Waals surface area (Å²) < 4.78 is 0. The van der Waals surface area contributed by atoms with E-state index in [4.69, 9.17) is 16.9 Å². The van der Waals surface area contributed by atoms with Gasteiger partial charge in [-0.1, -0.05) is 25.4 Å². The van der Waals surface area contributed by atoms with Gasteiger partial charge in [-0.25, -0.2) is 0 Å². The van der Waals surface area contributed by atoms with E-state index in [1.807, 2.05) is 6.07 Å². The fourth-order valence-corrected chi connectivity index (χ4v) is 1.64. The Morgan fingerprint density at radius 2 is 2.00 bits per heavy atom. The van der Waals surface area contributed by atoms with Crippen molar-refractivity contribution >= 4 is 17.3 Å². The summed E-state index contributed by atoms with van der Waals surface area (Å²) in [7, 11) is 0. The molecular formula is C13H17ClN2. The van der Waals surface area contributed by atoms with Gasteiger partial charge in [-0.05, 0) is 38.0 Å². The maximum absolute atomic E-state index is 9.02. The zero-order valence-corrected chi connectivity index (χ0v) is 10.7. The third-order valence-electron chi connectivity index (χ3n) is 3.10. The summed E-state index contributed by atoms with van der Waals surface area (Å²) in [6, 6.07) is 7.46. The van der Waals surface area contributed by atoms with E-state index in [2.05, 4.69) is 32.2 Å². The standard InChI is InChI=1S/C13H17ClN2/c1-4-13(3,5-2)16-12-8-11(14)7-6-10(12)9-15/h6-8,16H,4-5H2,1-3H3. The highest BCUT2D eigenvalue weighted by Crippen LogP contribution is 2.26. The lowest BCUT2D eigenvalue weighted by Crippen LogP contribution is -2.33. The topological polar surface area (TPSA) is 35.8 Å². The van der Waals surface area contributed by atoms with Crippen LogP contribution in [0, 0.1) is 11.3 Å². The van der Waals surface area contributed by atoms with Gasteiger partial charge in [0.2, 0.25) is 0 Å². The monoisotopic (exact) mass is 236 g/mol. The molecule has 2 nitrogen and oxygen atoms in total. The lowest BCUT2D eigenvalue weighted by Gasteiger charge is -2.30. The van der Waals surface area contributed by atoms with Gasteiger partial charge in [-0.3, -0.25) is 0 Å². The third kappa shape index (κ3) is 2.90. The van der Waals surface area contributed by atoms with Gasteiger partial charge in [0, 0.05) is 10.6 Å². The zero-order valence-electron chi connectivity index (χ0n) is 9.97. The van der Waals surface area contributed by atoms with Crippen LogP contribution >= 0.6 is 11.6 Å². The predicted molar refractivity (Wildman–Crippen MR) is 68.8 cm³/mol. The number of anilines is 1. The number of hydrogen-bond donors (Lipinski definition) is 1. The molecule has 0 fully saturated rings. The van der Waals surface area contributed by atoms with Gasteiger partial charge in [0.05, 0.1) is 11.3 Å². The van der Waals surface area contributed by atoms with E-state index >= 15 is 0 Å².